The van der Waals surface area contributed by atoms with Gasteiger partial charge in [0.2, 0.25) is 0 Å². The third-order valence-corrected chi connectivity index (χ3v) is 4.50. The van der Waals surface area contributed by atoms with Crippen LogP contribution in [-0.4, -0.2) is 42.1 Å². The molecule has 0 saturated carbocycles. The molecule has 0 unspecified atom stereocenters. The van der Waals surface area contributed by atoms with E-state index in [-0.39, 0.29) is 0 Å². The molecule has 0 aliphatic rings. The van der Waals surface area contributed by atoms with Crippen LogP contribution in [0.5, 0.6) is 0 Å². The highest BCUT2D eigenvalue weighted by atomic mass is 15.1. The molecule has 0 bridgehead atoms. The molecule has 0 radical (unpaired) electrons. The van der Waals surface area contributed by atoms with Crippen molar-refractivity contribution in [2.24, 2.45) is 0 Å². The van der Waals surface area contributed by atoms with E-state index in [9.17, 15) is 0 Å². The molecular formula is C22H23N5. The molecule has 0 aliphatic carbocycles. The normalized spacial score (nSPS) is 11.2. The number of pyridine rings is 2. The first-order valence-electron chi connectivity index (χ1n) is 9.10. The quantitative estimate of drug-likeness (QED) is 0.498. The predicted octanol–water partition coefficient (Wildman–Crippen LogP) is 4.50. The van der Waals surface area contributed by atoms with Gasteiger partial charge in [-0.25, -0.2) is 9.97 Å². The van der Waals surface area contributed by atoms with Gasteiger partial charge in [0.05, 0.1) is 11.1 Å². The van der Waals surface area contributed by atoms with Crippen LogP contribution in [0.15, 0.2) is 66.9 Å². The number of hydrogen-bond acceptors (Lipinski definition) is 5. The van der Waals surface area contributed by atoms with E-state index in [1.165, 1.54) is 0 Å². The van der Waals surface area contributed by atoms with Gasteiger partial charge in [0.1, 0.15) is 5.82 Å². The maximum atomic E-state index is 4.82. The van der Waals surface area contributed by atoms with Gasteiger partial charge in [-0.15, -0.1) is 0 Å². The minimum Gasteiger partial charge on any atom is -0.368 e. The Kier molecular flexibility index (Phi) is 4.85. The maximum Gasteiger partial charge on any atom is 0.164 e. The van der Waals surface area contributed by atoms with Gasteiger partial charge in [-0.3, -0.25) is 0 Å². The second-order valence-electron chi connectivity index (χ2n) is 6.78. The van der Waals surface area contributed by atoms with E-state index in [1.54, 1.807) is 6.20 Å². The molecular weight excluding hydrogens is 334 g/mol. The van der Waals surface area contributed by atoms with Gasteiger partial charge in [0.15, 0.2) is 5.65 Å². The largest absolute Gasteiger partial charge is 0.368 e. The van der Waals surface area contributed by atoms with Crippen molar-refractivity contribution in [2.75, 3.05) is 37.8 Å². The van der Waals surface area contributed by atoms with Crippen LogP contribution in [0.4, 0.5) is 17.2 Å². The lowest BCUT2D eigenvalue weighted by molar-refractivity contribution is 0.425. The first-order valence-corrected chi connectivity index (χ1v) is 9.10. The Bertz CT molecular complexity index is 1060. The minimum absolute atomic E-state index is 0.738. The highest BCUT2D eigenvalue weighted by Gasteiger charge is 2.12. The maximum absolute atomic E-state index is 4.82. The van der Waals surface area contributed by atoms with Gasteiger partial charge >= 0.3 is 0 Å². The number of anilines is 3. The first-order chi connectivity index (χ1) is 13.2. The highest BCUT2D eigenvalue weighted by molar-refractivity contribution is 6.14. The Morgan fingerprint density at radius 2 is 1.63 bits per heavy atom. The zero-order valence-electron chi connectivity index (χ0n) is 15.6. The van der Waals surface area contributed by atoms with E-state index in [1.807, 2.05) is 30.3 Å². The monoisotopic (exact) mass is 357 g/mol. The summed E-state index contributed by atoms with van der Waals surface area (Å²) >= 11 is 0. The van der Waals surface area contributed by atoms with Crippen LogP contribution in [-0.2, 0) is 0 Å². The van der Waals surface area contributed by atoms with Crippen LogP contribution >= 0.6 is 0 Å². The van der Waals surface area contributed by atoms with E-state index in [0.29, 0.717) is 0 Å². The molecule has 0 fully saturated rings. The summed E-state index contributed by atoms with van der Waals surface area (Å²) in [5, 5.41) is 10.3. The molecule has 0 amide bonds. The average Bonchev–Trinajstić information content (AvgIpc) is 2.68. The van der Waals surface area contributed by atoms with Crippen molar-refractivity contribution in [2.45, 2.75) is 0 Å². The fourth-order valence-electron chi connectivity index (χ4n) is 3.19. The molecule has 5 heteroatoms. The second kappa shape index (κ2) is 7.60. The average molecular weight is 357 g/mol. The molecule has 5 nitrogen and oxygen atoms in total. The topological polar surface area (TPSA) is 53.1 Å². The van der Waals surface area contributed by atoms with Gasteiger partial charge in [-0.2, -0.15) is 0 Å². The number of nitrogens with zero attached hydrogens (tertiary/aromatic N) is 3. The minimum atomic E-state index is 0.738. The fraction of sp³-hybridized carbons (Fsp3) is 0.182. The van der Waals surface area contributed by atoms with Crippen molar-refractivity contribution in [1.82, 2.24) is 14.9 Å². The lowest BCUT2D eigenvalue weighted by Crippen LogP contribution is -2.21. The predicted molar refractivity (Wildman–Crippen MR) is 114 cm³/mol. The van der Waals surface area contributed by atoms with Gasteiger partial charge in [-0.05, 0) is 37.7 Å². The van der Waals surface area contributed by atoms with Crippen LogP contribution in [0, 0.1) is 0 Å². The molecule has 136 valence electrons. The van der Waals surface area contributed by atoms with E-state index < -0.39 is 0 Å². The lowest BCUT2D eigenvalue weighted by Gasteiger charge is -2.15. The van der Waals surface area contributed by atoms with Crippen LogP contribution in [0.1, 0.15) is 0 Å². The van der Waals surface area contributed by atoms with Gasteiger partial charge in [-0.1, -0.05) is 42.5 Å². The van der Waals surface area contributed by atoms with E-state index in [0.717, 1.165) is 52.1 Å². The molecule has 4 aromatic rings. The molecule has 4 rings (SSSR count). The molecule has 0 atom stereocenters. The Morgan fingerprint density at radius 3 is 2.41 bits per heavy atom. The number of fused-ring (bicyclic) bond motifs is 3. The number of benzene rings is 2. The SMILES string of the molecule is CN(C)CCNc1nc2nccc(Nc3ccccc3)c2c2ccccc12. The van der Waals surface area contributed by atoms with Crippen molar-refractivity contribution in [3.05, 3.63) is 66.9 Å². The number of aromatic nitrogens is 2. The van der Waals surface area contributed by atoms with Crippen molar-refractivity contribution >= 4 is 39.0 Å². The summed E-state index contributed by atoms with van der Waals surface area (Å²) in [5.74, 6) is 0.879. The van der Waals surface area contributed by atoms with Crippen molar-refractivity contribution in [3.8, 4) is 0 Å². The van der Waals surface area contributed by atoms with Crippen LogP contribution < -0.4 is 10.6 Å². The van der Waals surface area contributed by atoms with Crippen LogP contribution in [0.2, 0.25) is 0 Å². The Labute approximate surface area is 159 Å². The molecule has 2 aromatic carbocycles. The van der Waals surface area contributed by atoms with Gasteiger partial charge in [0.25, 0.3) is 0 Å². The second-order valence-corrected chi connectivity index (χ2v) is 6.78. The Hall–Kier alpha value is -3.18. The van der Waals surface area contributed by atoms with Gasteiger partial charge < -0.3 is 15.5 Å². The summed E-state index contributed by atoms with van der Waals surface area (Å²) in [6.45, 7) is 1.77. The third kappa shape index (κ3) is 3.68. The molecule has 27 heavy (non-hydrogen) atoms. The summed E-state index contributed by atoms with van der Waals surface area (Å²) in [6.07, 6.45) is 1.80. The number of likely N-dealkylation sites (N-methyl/N-ethyl adjacent to an activating group) is 1. The zero-order valence-corrected chi connectivity index (χ0v) is 15.6. The molecule has 0 saturated heterocycles. The third-order valence-electron chi connectivity index (χ3n) is 4.50. The van der Waals surface area contributed by atoms with Crippen molar-refractivity contribution < 1.29 is 0 Å². The van der Waals surface area contributed by atoms with Gasteiger partial charge in [0, 0.05) is 30.4 Å². The van der Waals surface area contributed by atoms with Crippen LogP contribution in [0.25, 0.3) is 21.8 Å². The van der Waals surface area contributed by atoms with Crippen LogP contribution in [0.3, 0.4) is 0 Å². The molecule has 2 heterocycles. The number of rotatable bonds is 6. The number of nitrogens with one attached hydrogen (secondary N) is 2. The summed E-state index contributed by atoms with van der Waals surface area (Å²) in [7, 11) is 4.13. The van der Waals surface area contributed by atoms with E-state index >= 15 is 0 Å². The first kappa shape index (κ1) is 17.2. The van der Waals surface area contributed by atoms with E-state index in [2.05, 4.69) is 64.9 Å². The molecule has 0 aliphatic heterocycles. The van der Waals surface area contributed by atoms with E-state index in [4.69, 9.17) is 4.98 Å². The molecule has 2 N–H and O–H groups in total. The Balaban J connectivity index is 1.82. The fourth-order valence-corrected chi connectivity index (χ4v) is 3.19. The standard InChI is InChI=1S/C22H23N5/c1-27(2)15-14-24-21-18-11-7-6-10-17(18)20-19(12-13-23-22(20)26-21)25-16-8-4-3-5-9-16/h3-13H,14-15H2,1-2H3,(H2,23,24,25,26). The lowest BCUT2D eigenvalue weighted by atomic mass is 10.1. The zero-order chi connectivity index (χ0) is 18.6. The highest BCUT2D eigenvalue weighted by Crippen LogP contribution is 2.34. The Morgan fingerprint density at radius 1 is 0.889 bits per heavy atom. The summed E-state index contributed by atoms with van der Waals surface area (Å²) in [4.78, 5) is 11.5. The number of hydrogen-bond donors (Lipinski definition) is 2. The van der Waals surface area contributed by atoms with Crippen molar-refractivity contribution in [1.29, 1.82) is 0 Å². The summed E-state index contributed by atoms with van der Waals surface area (Å²) in [5.41, 5.74) is 2.79. The molecule has 2 aromatic heterocycles. The number of para-hydroxylation sites is 1. The van der Waals surface area contributed by atoms with Crippen molar-refractivity contribution in [3.63, 3.8) is 0 Å². The molecule has 0 spiro atoms. The smallest absolute Gasteiger partial charge is 0.164 e. The summed E-state index contributed by atoms with van der Waals surface area (Å²) in [6, 6.07) is 20.5. The summed E-state index contributed by atoms with van der Waals surface area (Å²) < 4.78 is 0.